The fourth-order valence-electron chi connectivity index (χ4n) is 4.94. The van der Waals surface area contributed by atoms with Crippen molar-refractivity contribution in [3.63, 3.8) is 0 Å². The number of amides is 1. The van der Waals surface area contributed by atoms with Crippen molar-refractivity contribution < 1.29 is 26.4 Å². The van der Waals surface area contributed by atoms with Gasteiger partial charge in [-0.15, -0.1) is 0 Å². The summed E-state index contributed by atoms with van der Waals surface area (Å²) in [6.45, 7) is 1.19. The van der Waals surface area contributed by atoms with Crippen LogP contribution in [0.3, 0.4) is 0 Å². The van der Waals surface area contributed by atoms with E-state index in [0.717, 1.165) is 11.6 Å². The lowest BCUT2D eigenvalue weighted by Gasteiger charge is -2.32. The molecule has 8 nitrogen and oxygen atoms in total. The molecule has 1 aromatic heterocycles. The van der Waals surface area contributed by atoms with Crippen LogP contribution in [0.4, 0.5) is 24.7 Å². The minimum absolute atomic E-state index is 0.00926. The molecule has 3 aromatic carbocycles. The number of hydrogen-bond acceptors (Lipinski definition) is 6. The van der Waals surface area contributed by atoms with Crippen LogP contribution in [0, 0.1) is 0 Å². The summed E-state index contributed by atoms with van der Waals surface area (Å²) < 4.78 is 64.1. The SMILES string of the molecule is NS(=O)(=O)c1ccc(CCNC(=O)c2ccccc2-c2cnc3c(c2)N(Cc2cc(Cl)ccc2C(F)(F)F)CCN3)cc1. The molecule has 1 amide bonds. The summed E-state index contributed by atoms with van der Waals surface area (Å²) in [5, 5.41) is 11.4. The molecule has 13 heteroatoms. The van der Waals surface area contributed by atoms with Crippen LogP contribution in [0.1, 0.15) is 27.0 Å². The number of halogens is 4. The maximum absolute atomic E-state index is 13.7. The molecule has 0 unspecified atom stereocenters. The van der Waals surface area contributed by atoms with Gasteiger partial charge in [0.2, 0.25) is 10.0 Å². The Labute approximate surface area is 251 Å². The second kappa shape index (κ2) is 12.2. The number of carbonyl (C=O) groups is 1. The van der Waals surface area contributed by atoms with Crippen LogP contribution in [0.2, 0.25) is 5.02 Å². The summed E-state index contributed by atoms with van der Waals surface area (Å²) in [6, 6.07) is 18.5. The van der Waals surface area contributed by atoms with Crippen molar-refractivity contribution in [3.05, 3.63) is 106 Å². The van der Waals surface area contributed by atoms with E-state index in [1.165, 1.54) is 24.3 Å². The molecule has 1 aliphatic heterocycles. The Morgan fingerprint density at radius 1 is 1.07 bits per heavy atom. The van der Waals surface area contributed by atoms with E-state index in [0.29, 0.717) is 54.3 Å². The molecule has 43 heavy (non-hydrogen) atoms. The first-order chi connectivity index (χ1) is 20.4. The lowest BCUT2D eigenvalue weighted by molar-refractivity contribution is -0.138. The summed E-state index contributed by atoms with van der Waals surface area (Å²) in [4.78, 5) is 19.5. The Kier molecular flexibility index (Phi) is 8.63. The molecule has 0 spiro atoms. The minimum atomic E-state index is -4.53. The van der Waals surface area contributed by atoms with Gasteiger partial charge in [-0.2, -0.15) is 13.2 Å². The first kappa shape index (κ1) is 30.3. The number of pyridine rings is 1. The number of nitrogens with two attached hydrogens (primary N) is 1. The fraction of sp³-hybridized carbons (Fsp3) is 0.200. The van der Waals surface area contributed by atoms with E-state index in [4.69, 9.17) is 16.7 Å². The van der Waals surface area contributed by atoms with Crippen LogP contribution in [-0.4, -0.2) is 38.9 Å². The maximum atomic E-state index is 13.7. The van der Waals surface area contributed by atoms with Crippen molar-refractivity contribution in [2.45, 2.75) is 24.0 Å². The van der Waals surface area contributed by atoms with Gasteiger partial charge in [0.15, 0.2) is 0 Å². The molecule has 0 saturated carbocycles. The van der Waals surface area contributed by atoms with Crippen molar-refractivity contribution in [1.29, 1.82) is 0 Å². The number of sulfonamides is 1. The summed E-state index contributed by atoms with van der Waals surface area (Å²) in [5.74, 6) is 0.208. The Balaban J connectivity index is 1.36. The van der Waals surface area contributed by atoms with Crippen LogP contribution >= 0.6 is 11.6 Å². The smallest absolute Gasteiger partial charge is 0.367 e. The number of fused-ring (bicyclic) bond motifs is 1. The highest BCUT2D eigenvalue weighted by Crippen LogP contribution is 2.37. The van der Waals surface area contributed by atoms with Gasteiger partial charge >= 0.3 is 6.18 Å². The molecule has 2 heterocycles. The number of anilines is 2. The van der Waals surface area contributed by atoms with Crippen LogP contribution < -0.4 is 20.7 Å². The van der Waals surface area contributed by atoms with Crippen molar-refractivity contribution in [2.75, 3.05) is 29.9 Å². The number of aromatic nitrogens is 1. The van der Waals surface area contributed by atoms with E-state index in [1.807, 2.05) is 11.0 Å². The molecular formula is C30H27ClF3N5O3S. The van der Waals surface area contributed by atoms with Gasteiger partial charge in [0.05, 0.1) is 16.1 Å². The van der Waals surface area contributed by atoms with Crippen LogP contribution in [0.5, 0.6) is 0 Å². The highest BCUT2D eigenvalue weighted by molar-refractivity contribution is 7.89. The highest BCUT2D eigenvalue weighted by atomic mass is 35.5. The number of carbonyl (C=O) groups excluding carboxylic acids is 1. The second-order valence-corrected chi connectivity index (χ2v) is 12.0. The van der Waals surface area contributed by atoms with E-state index >= 15 is 0 Å². The fourth-order valence-corrected chi connectivity index (χ4v) is 5.65. The molecule has 224 valence electrons. The second-order valence-electron chi connectivity index (χ2n) is 9.98. The molecule has 4 aromatic rings. The third-order valence-electron chi connectivity index (χ3n) is 7.05. The number of benzene rings is 3. The van der Waals surface area contributed by atoms with E-state index in [9.17, 15) is 26.4 Å². The van der Waals surface area contributed by atoms with Gasteiger partial charge in [0, 0.05) is 48.5 Å². The first-order valence-electron chi connectivity index (χ1n) is 13.2. The number of alkyl halides is 3. The zero-order valence-corrected chi connectivity index (χ0v) is 24.2. The summed E-state index contributed by atoms with van der Waals surface area (Å²) in [7, 11) is -3.79. The lowest BCUT2D eigenvalue weighted by atomic mass is 9.99. The van der Waals surface area contributed by atoms with E-state index in [2.05, 4.69) is 15.6 Å². The molecule has 0 saturated heterocycles. The van der Waals surface area contributed by atoms with Crippen molar-refractivity contribution in [1.82, 2.24) is 10.3 Å². The largest absolute Gasteiger partial charge is 0.416 e. The average molecular weight is 630 g/mol. The number of primary sulfonamides is 1. The molecule has 0 bridgehead atoms. The Bertz CT molecular complexity index is 1770. The van der Waals surface area contributed by atoms with Gasteiger partial charge in [-0.05, 0) is 65.6 Å². The number of nitrogens with one attached hydrogen (secondary N) is 2. The Morgan fingerprint density at radius 2 is 1.81 bits per heavy atom. The summed E-state index contributed by atoms with van der Waals surface area (Å²) in [5.41, 5.74) is 2.37. The maximum Gasteiger partial charge on any atom is 0.416 e. The zero-order valence-electron chi connectivity index (χ0n) is 22.7. The first-order valence-corrected chi connectivity index (χ1v) is 15.2. The predicted octanol–water partition coefficient (Wildman–Crippen LogP) is 5.47. The summed E-state index contributed by atoms with van der Waals surface area (Å²) >= 11 is 6.06. The average Bonchev–Trinajstić information content (AvgIpc) is 2.96. The van der Waals surface area contributed by atoms with Crippen LogP contribution in [0.15, 0.2) is 83.9 Å². The lowest BCUT2D eigenvalue weighted by Crippen LogP contribution is -2.34. The molecule has 0 atom stereocenters. The Morgan fingerprint density at radius 3 is 2.53 bits per heavy atom. The topological polar surface area (TPSA) is 117 Å². The molecule has 0 aliphatic carbocycles. The molecule has 4 N–H and O–H groups in total. The summed E-state index contributed by atoms with van der Waals surface area (Å²) in [6.07, 6.45) is -2.45. The van der Waals surface area contributed by atoms with E-state index in [1.54, 1.807) is 42.6 Å². The van der Waals surface area contributed by atoms with Gasteiger partial charge in [0.25, 0.3) is 5.91 Å². The van der Waals surface area contributed by atoms with Crippen molar-refractivity contribution >= 4 is 39.0 Å². The molecular weight excluding hydrogens is 603 g/mol. The molecule has 1 aliphatic rings. The predicted molar refractivity (Wildman–Crippen MR) is 160 cm³/mol. The number of rotatable bonds is 8. The van der Waals surface area contributed by atoms with Gasteiger partial charge in [-0.3, -0.25) is 4.79 Å². The Hall–Kier alpha value is -4.13. The minimum Gasteiger partial charge on any atom is -0.367 e. The van der Waals surface area contributed by atoms with Crippen LogP contribution in [-0.2, 0) is 29.2 Å². The monoisotopic (exact) mass is 629 g/mol. The third kappa shape index (κ3) is 7.10. The van der Waals surface area contributed by atoms with Gasteiger partial charge in [-0.25, -0.2) is 18.5 Å². The quantitative estimate of drug-likeness (QED) is 0.238. The normalized spacial score (nSPS) is 13.3. The zero-order chi connectivity index (χ0) is 30.8. The number of hydrogen-bond donors (Lipinski definition) is 3. The molecule has 5 rings (SSSR count). The van der Waals surface area contributed by atoms with Gasteiger partial charge in [0.1, 0.15) is 5.82 Å². The molecule has 0 radical (unpaired) electrons. The standard InChI is InChI=1S/C30H27ClF3N5O3S/c31-22-7-10-26(30(32,33)34)21(15-22)18-39-14-13-36-28-27(39)16-20(17-38-28)24-3-1-2-4-25(24)29(40)37-12-11-19-5-8-23(9-6-19)43(35,41)42/h1-10,15-17H,11-14,18H2,(H,36,38)(H,37,40)(H2,35,41,42). The molecule has 0 fully saturated rings. The van der Waals surface area contributed by atoms with E-state index < -0.39 is 21.8 Å². The van der Waals surface area contributed by atoms with Gasteiger partial charge < -0.3 is 15.5 Å². The van der Waals surface area contributed by atoms with Gasteiger partial charge in [-0.1, -0.05) is 41.9 Å². The highest BCUT2D eigenvalue weighted by Gasteiger charge is 2.34. The third-order valence-corrected chi connectivity index (χ3v) is 8.21. The van der Waals surface area contributed by atoms with Crippen molar-refractivity contribution in [3.8, 4) is 11.1 Å². The van der Waals surface area contributed by atoms with Crippen molar-refractivity contribution in [2.24, 2.45) is 5.14 Å². The number of nitrogens with zero attached hydrogens (tertiary/aromatic N) is 2. The van der Waals surface area contributed by atoms with Crippen LogP contribution in [0.25, 0.3) is 11.1 Å². The van der Waals surface area contributed by atoms with E-state index in [-0.39, 0.29) is 27.9 Å².